The van der Waals surface area contributed by atoms with E-state index in [4.69, 9.17) is 4.74 Å². The van der Waals surface area contributed by atoms with Crippen molar-refractivity contribution in [2.24, 2.45) is 0 Å². The zero-order chi connectivity index (χ0) is 15.6. The Bertz CT molecular complexity index is 646. The summed E-state index contributed by atoms with van der Waals surface area (Å²) in [5.74, 6) is -1.04. The van der Waals surface area contributed by atoms with E-state index in [1.54, 1.807) is 0 Å². The molecule has 21 heavy (non-hydrogen) atoms. The van der Waals surface area contributed by atoms with Crippen LogP contribution in [-0.2, 0) is 6.18 Å². The lowest BCUT2D eigenvalue weighted by atomic mass is 9.99. The Hall–Kier alpha value is -2.22. The lowest BCUT2D eigenvalue weighted by Gasteiger charge is -2.18. The zero-order valence-electron chi connectivity index (χ0n) is 10.7. The largest absolute Gasteiger partial charge is 0.480 e. The molecule has 0 amide bonds. The average molecular weight is 302 g/mol. The third-order valence-corrected chi connectivity index (χ3v) is 2.76. The third kappa shape index (κ3) is 3.10. The molecule has 112 valence electrons. The second-order valence-corrected chi connectivity index (χ2v) is 4.08. The molecule has 1 aromatic heterocycles. The van der Waals surface area contributed by atoms with Crippen LogP contribution < -0.4 is 4.74 Å². The first kappa shape index (κ1) is 15.2. The van der Waals surface area contributed by atoms with E-state index in [9.17, 15) is 22.7 Å². The summed E-state index contributed by atoms with van der Waals surface area (Å²) in [6.07, 6.45) is -4.11. The molecule has 0 radical (unpaired) electrons. The Kier molecular flexibility index (Phi) is 4.08. The number of rotatable bonds is 3. The van der Waals surface area contributed by atoms with Crippen LogP contribution in [0.25, 0.3) is 0 Å². The van der Waals surface area contributed by atoms with Gasteiger partial charge in [0.05, 0.1) is 12.7 Å². The molecule has 2 rings (SSSR count). The molecule has 0 fully saturated rings. The first-order chi connectivity index (χ1) is 9.84. The predicted octanol–water partition coefficient (Wildman–Crippen LogP) is 2.72. The van der Waals surface area contributed by atoms with Gasteiger partial charge in [-0.05, 0) is 18.2 Å². The van der Waals surface area contributed by atoms with Gasteiger partial charge in [-0.25, -0.2) is 9.37 Å². The quantitative estimate of drug-likeness (QED) is 0.886. The van der Waals surface area contributed by atoms with Gasteiger partial charge in [0.1, 0.15) is 17.6 Å². The Morgan fingerprint density at radius 1 is 1.19 bits per heavy atom. The summed E-state index contributed by atoms with van der Waals surface area (Å²) in [6.45, 7) is 0. The SMILES string of the molecule is COc1nccnc1C(O)c1cc(F)ccc1C(F)(F)F. The summed E-state index contributed by atoms with van der Waals surface area (Å²) in [7, 11) is 1.23. The molecule has 0 saturated carbocycles. The fourth-order valence-corrected chi connectivity index (χ4v) is 1.85. The molecule has 0 spiro atoms. The number of aliphatic hydroxyl groups is 1. The number of hydrogen-bond acceptors (Lipinski definition) is 4. The Morgan fingerprint density at radius 2 is 1.86 bits per heavy atom. The third-order valence-electron chi connectivity index (χ3n) is 2.76. The van der Waals surface area contributed by atoms with Gasteiger partial charge in [0.15, 0.2) is 0 Å². The van der Waals surface area contributed by atoms with Crippen LogP contribution in [0.3, 0.4) is 0 Å². The predicted molar refractivity (Wildman–Crippen MR) is 64.0 cm³/mol. The average Bonchev–Trinajstić information content (AvgIpc) is 2.45. The van der Waals surface area contributed by atoms with Gasteiger partial charge in [0, 0.05) is 18.0 Å². The van der Waals surface area contributed by atoms with Crippen molar-refractivity contribution in [2.45, 2.75) is 12.3 Å². The van der Waals surface area contributed by atoms with Gasteiger partial charge in [-0.2, -0.15) is 13.2 Å². The Labute approximate surface area is 117 Å². The lowest BCUT2D eigenvalue weighted by Crippen LogP contribution is -2.15. The van der Waals surface area contributed by atoms with Crippen molar-refractivity contribution < 1.29 is 27.4 Å². The molecule has 4 nitrogen and oxygen atoms in total. The smallest absolute Gasteiger partial charge is 0.416 e. The maximum Gasteiger partial charge on any atom is 0.416 e. The molecule has 1 heterocycles. The molecule has 0 aliphatic rings. The van der Waals surface area contributed by atoms with Crippen LogP contribution in [0.2, 0.25) is 0 Å². The van der Waals surface area contributed by atoms with Crippen LogP contribution in [0.4, 0.5) is 17.6 Å². The summed E-state index contributed by atoms with van der Waals surface area (Å²) < 4.78 is 56.9. The van der Waals surface area contributed by atoms with E-state index in [0.717, 1.165) is 0 Å². The normalized spacial score (nSPS) is 13.0. The highest BCUT2D eigenvalue weighted by Crippen LogP contribution is 2.37. The summed E-state index contributed by atoms with van der Waals surface area (Å²) in [5, 5.41) is 10.1. The van der Waals surface area contributed by atoms with Crippen LogP contribution in [0, 0.1) is 5.82 Å². The maximum atomic E-state index is 13.2. The van der Waals surface area contributed by atoms with E-state index in [2.05, 4.69) is 9.97 Å². The van der Waals surface area contributed by atoms with Gasteiger partial charge in [-0.3, -0.25) is 4.98 Å². The molecule has 8 heteroatoms. The Morgan fingerprint density at radius 3 is 2.48 bits per heavy atom. The minimum Gasteiger partial charge on any atom is -0.480 e. The molecule has 0 saturated heterocycles. The minimum atomic E-state index is -4.74. The van der Waals surface area contributed by atoms with Crippen molar-refractivity contribution in [1.82, 2.24) is 9.97 Å². The monoisotopic (exact) mass is 302 g/mol. The van der Waals surface area contributed by atoms with Crippen molar-refractivity contribution in [3.05, 3.63) is 53.2 Å². The van der Waals surface area contributed by atoms with Crippen LogP contribution >= 0.6 is 0 Å². The fourth-order valence-electron chi connectivity index (χ4n) is 1.85. The van der Waals surface area contributed by atoms with Crippen LogP contribution in [0.15, 0.2) is 30.6 Å². The number of ether oxygens (including phenoxy) is 1. The van der Waals surface area contributed by atoms with Crippen molar-refractivity contribution in [3.8, 4) is 5.88 Å². The van der Waals surface area contributed by atoms with Gasteiger partial charge in [-0.15, -0.1) is 0 Å². The van der Waals surface area contributed by atoms with E-state index in [1.807, 2.05) is 0 Å². The van der Waals surface area contributed by atoms with Crippen LogP contribution in [0.5, 0.6) is 5.88 Å². The number of hydrogen-bond donors (Lipinski definition) is 1. The van der Waals surface area contributed by atoms with Crippen molar-refractivity contribution in [1.29, 1.82) is 0 Å². The summed E-state index contributed by atoms with van der Waals surface area (Å²) >= 11 is 0. The van der Waals surface area contributed by atoms with Crippen molar-refractivity contribution in [2.75, 3.05) is 7.11 Å². The number of halogens is 4. The van der Waals surface area contributed by atoms with Gasteiger partial charge < -0.3 is 9.84 Å². The first-order valence-corrected chi connectivity index (χ1v) is 5.74. The molecule has 2 aromatic rings. The summed E-state index contributed by atoms with van der Waals surface area (Å²) in [4.78, 5) is 7.49. The van der Waals surface area contributed by atoms with E-state index in [1.165, 1.54) is 19.5 Å². The van der Waals surface area contributed by atoms with E-state index in [-0.39, 0.29) is 11.6 Å². The molecule has 1 N–H and O–H groups in total. The summed E-state index contributed by atoms with van der Waals surface area (Å²) in [6, 6.07) is 1.85. The lowest BCUT2D eigenvalue weighted by molar-refractivity contribution is -0.139. The highest BCUT2D eigenvalue weighted by atomic mass is 19.4. The number of aliphatic hydroxyl groups excluding tert-OH is 1. The van der Waals surface area contributed by atoms with E-state index in [0.29, 0.717) is 18.2 Å². The van der Waals surface area contributed by atoms with Gasteiger partial charge in [0.2, 0.25) is 5.88 Å². The molecular formula is C13H10F4N2O2. The van der Waals surface area contributed by atoms with Crippen LogP contribution in [0.1, 0.15) is 22.9 Å². The van der Waals surface area contributed by atoms with Crippen molar-refractivity contribution in [3.63, 3.8) is 0 Å². The molecule has 1 aromatic carbocycles. The highest BCUT2D eigenvalue weighted by molar-refractivity contribution is 5.38. The molecule has 0 aliphatic heterocycles. The second kappa shape index (κ2) is 5.65. The fraction of sp³-hybridized carbons (Fsp3) is 0.231. The number of aromatic nitrogens is 2. The Balaban J connectivity index is 2.57. The zero-order valence-corrected chi connectivity index (χ0v) is 10.7. The van der Waals surface area contributed by atoms with Gasteiger partial charge in [-0.1, -0.05) is 0 Å². The highest BCUT2D eigenvalue weighted by Gasteiger charge is 2.36. The minimum absolute atomic E-state index is 0.137. The maximum absolute atomic E-state index is 13.2. The number of methoxy groups -OCH3 is 1. The standard InChI is InChI=1S/C13H10F4N2O2/c1-21-12-10(18-4-5-19-12)11(20)8-6-7(14)2-3-9(8)13(15,16)17/h2-6,11,20H,1H3. The van der Waals surface area contributed by atoms with Gasteiger partial charge in [0.25, 0.3) is 0 Å². The molecular weight excluding hydrogens is 292 g/mol. The first-order valence-electron chi connectivity index (χ1n) is 5.74. The summed E-state index contributed by atoms with van der Waals surface area (Å²) in [5.41, 5.74) is -2.03. The number of alkyl halides is 3. The van der Waals surface area contributed by atoms with Crippen molar-refractivity contribution >= 4 is 0 Å². The van der Waals surface area contributed by atoms with Crippen LogP contribution in [-0.4, -0.2) is 22.2 Å². The number of benzene rings is 1. The van der Waals surface area contributed by atoms with E-state index < -0.39 is 29.2 Å². The molecule has 1 unspecified atom stereocenters. The second-order valence-electron chi connectivity index (χ2n) is 4.08. The molecule has 0 aliphatic carbocycles. The number of nitrogens with zero attached hydrogens (tertiary/aromatic N) is 2. The molecule has 1 atom stereocenters. The molecule has 0 bridgehead atoms. The topological polar surface area (TPSA) is 55.2 Å². The van der Waals surface area contributed by atoms with E-state index >= 15 is 0 Å². The van der Waals surface area contributed by atoms with Gasteiger partial charge >= 0.3 is 6.18 Å².